The predicted octanol–water partition coefficient (Wildman–Crippen LogP) is 4.90. The van der Waals surface area contributed by atoms with E-state index in [1.807, 2.05) is 6.07 Å². The number of rotatable bonds is 5. The molecular weight excluding hydrogens is 310 g/mol. The van der Waals surface area contributed by atoms with Gasteiger partial charge in [-0.05, 0) is 50.3 Å². The summed E-state index contributed by atoms with van der Waals surface area (Å²) >= 11 is 0. The van der Waals surface area contributed by atoms with Gasteiger partial charge >= 0.3 is 0 Å². The minimum absolute atomic E-state index is 0.492. The van der Waals surface area contributed by atoms with Gasteiger partial charge in [-0.25, -0.2) is 0 Å². The van der Waals surface area contributed by atoms with Crippen LogP contribution in [0, 0.1) is 0 Å². The molecule has 1 aromatic rings. The summed E-state index contributed by atoms with van der Waals surface area (Å²) in [5.74, 6) is 1.74. The Hall–Kier alpha value is -1.74. The van der Waals surface area contributed by atoms with E-state index in [1.54, 1.807) is 19.8 Å². The quantitative estimate of drug-likeness (QED) is 0.760. The molecule has 2 heterocycles. The third-order valence-electron chi connectivity index (χ3n) is 5.63. The summed E-state index contributed by atoms with van der Waals surface area (Å²) in [6.45, 7) is 8.90. The summed E-state index contributed by atoms with van der Waals surface area (Å²) < 4.78 is 11.2. The van der Waals surface area contributed by atoms with Crippen LogP contribution in [0.4, 0.5) is 0 Å². The first-order valence-corrected chi connectivity index (χ1v) is 9.42. The van der Waals surface area contributed by atoms with Gasteiger partial charge in [-0.1, -0.05) is 36.6 Å². The average molecular weight is 341 g/mol. The lowest BCUT2D eigenvalue weighted by atomic mass is 9.83. The number of hydrogen-bond acceptors (Lipinski definition) is 3. The molecule has 0 bridgehead atoms. The van der Waals surface area contributed by atoms with E-state index in [2.05, 4.69) is 37.8 Å². The third-order valence-corrected chi connectivity index (χ3v) is 5.63. The number of hydrogen-bond donors (Lipinski definition) is 0. The maximum atomic E-state index is 5.68. The molecule has 0 saturated heterocycles. The summed E-state index contributed by atoms with van der Waals surface area (Å²) in [7, 11) is 3.45. The van der Waals surface area contributed by atoms with Gasteiger partial charge in [0.25, 0.3) is 0 Å². The van der Waals surface area contributed by atoms with Gasteiger partial charge in [-0.2, -0.15) is 0 Å². The maximum absolute atomic E-state index is 5.68. The van der Waals surface area contributed by atoms with E-state index >= 15 is 0 Å². The first kappa shape index (κ1) is 18.1. The molecular formula is C22H31NO2. The van der Waals surface area contributed by atoms with Crippen LogP contribution in [-0.4, -0.2) is 31.7 Å². The Morgan fingerprint density at radius 1 is 1.28 bits per heavy atom. The molecule has 136 valence electrons. The van der Waals surface area contributed by atoms with Crippen molar-refractivity contribution in [1.82, 2.24) is 4.90 Å². The van der Waals surface area contributed by atoms with E-state index in [4.69, 9.17) is 9.47 Å². The molecule has 0 radical (unpaired) electrons. The molecule has 2 aliphatic heterocycles. The fraction of sp³-hybridized carbons (Fsp3) is 0.545. The second kappa shape index (κ2) is 7.65. The Kier molecular flexibility index (Phi) is 5.53. The molecule has 25 heavy (non-hydrogen) atoms. The van der Waals surface area contributed by atoms with Gasteiger partial charge in [0.05, 0.1) is 14.2 Å². The Morgan fingerprint density at radius 3 is 2.76 bits per heavy atom. The molecule has 0 N–H and O–H groups in total. The van der Waals surface area contributed by atoms with Crippen molar-refractivity contribution >= 4 is 0 Å². The summed E-state index contributed by atoms with van der Waals surface area (Å²) in [6.07, 6.45) is 7.07. The highest BCUT2D eigenvalue weighted by Gasteiger charge is 2.33. The van der Waals surface area contributed by atoms with Crippen LogP contribution in [0.1, 0.15) is 51.2 Å². The number of fused-ring (bicyclic) bond motifs is 2. The zero-order chi connectivity index (χ0) is 18.0. The Morgan fingerprint density at radius 2 is 2.08 bits per heavy atom. The van der Waals surface area contributed by atoms with E-state index in [0.717, 1.165) is 37.4 Å². The molecule has 1 unspecified atom stereocenters. The number of methoxy groups -OCH3 is 2. The van der Waals surface area contributed by atoms with Crippen LogP contribution in [-0.2, 0) is 13.0 Å². The first-order chi connectivity index (χ1) is 12.1. The molecule has 0 amide bonds. The Bertz CT molecular complexity index is 702. The first-order valence-electron chi connectivity index (χ1n) is 9.42. The topological polar surface area (TPSA) is 21.7 Å². The molecule has 0 spiro atoms. The molecule has 0 saturated carbocycles. The Labute approximate surface area is 152 Å². The fourth-order valence-electron chi connectivity index (χ4n) is 4.28. The highest BCUT2D eigenvalue weighted by molar-refractivity contribution is 5.53. The van der Waals surface area contributed by atoms with Gasteiger partial charge in [0.15, 0.2) is 11.5 Å². The second-order valence-corrected chi connectivity index (χ2v) is 7.36. The average Bonchev–Trinajstić information content (AvgIpc) is 2.62. The zero-order valence-corrected chi connectivity index (χ0v) is 16.3. The van der Waals surface area contributed by atoms with E-state index in [9.17, 15) is 0 Å². The van der Waals surface area contributed by atoms with Crippen molar-refractivity contribution in [3.05, 3.63) is 46.1 Å². The maximum Gasteiger partial charge on any atom is 0.165 e. The van der Waals surface area contributed by atoms with Crippen molar-refractivity contribution in [2.24, 2.45) is 0 Å². The smallest absolute Gasteiger partial charge is 0.165 e. The largest absolute Gasteiger partial charge is 0.493 e. The molecule has 0 fully saturated rings. The van der Waals surface area contributed by atoms with Crippen molar-refractivity contribution < 1.29 is 9.47 Å². The van der Waals surface area contributed by atoms with Crippen LogP contribution in [0.15, 0.2) is 34.9 Å². The van der Waals surface area contributed by atoms with Gasteiger partial charge in [0.2, 0.25) is 0 Å². The third kappa shape index (κ3) is 3.48. The lowest BCUT2D eigenvalue weighted by Crippen LogP contribution is -2.44. The van der Waals surface area contributed by atoms with E-state index in [-0.39, 0.29) is 0 Å². The van der Waals surface area contributed by atoms with Gasteiger partial charge in [-0.15, -0.1) is 0 Å². The summed E-state index contributed by atoms with van der Waals surface area (Å²) in [6, 6.07) is 4.76. The van der Waals surface area contributed by atoms with Crippen molar-refractivity contribution in [2.45, 2.75) is 59.0 Å². The monoisotopic (exact) mass is 341 g/mol. The summed E-state index contributed by atoms with van der Waals surface area (Å²) in [5, 5.41) is 0. The summed E-state index contributed by atoms with van der Waals surface area (Å²) in [5.41, 5.74) is 7.29. The molecule has 3 heteroatoms. The molecule has 0 aliphatic carbocycles. The SMILES string of the molecule is CCC/C(C)=C/C1=C(C)CCN2Cc3c(ccc(OC)c3OC)CC12. The molecule has 3 nitrogen and oxygen atoms in total. The van der Waals surface area contributed by atoms with Crippen molar-refractivity contribution in [1.29, 1.82) is 0 Å². The van der Waals surface area contributed by atoms with Crippen LogP contribution in [0.3, 0.4) is 0 Å². The van der Waals surface area contributed by atoms with E-state index in [0.29, 0.717) is 6.04 Å². The molecule has 1 atom stereocenters. The second-order valence-electron chi connectivity index (χ2n) is 7.36. The van der Waals surface area contributed by atoms with E-state index in [1.165, 1.54) is 35.1 Å². The normalized spacial score (nSPS) is 21.0. The standard InChI is InChI=1S/C22H31NO2/c1-6-7-15(2)12-18-16(3)10-11-23-14-19-17(13-20(18)23)8-9-21(24-4)22(19)25-5/h8-9,12,20H,6-7,10-11,13-14H2,1-5H3/b15-12+. The lowest BCUT2D eigenvalue weighted by molar-refractivity contribution is 0.183. The van der Waals surface area contributed by atoms with Gasteiger partial charge in [0, 0.05) is 24.7 Å². The molecule has 0 aromatic heterocycles. The van der Waals surface area contributed by atoms with Crippen molar-refractivity contribution in [3.63, 3.8) is 0 Å². The zero-order valence-electron chi connectivity index (χ0n) is 16.3. The van der Waals surface area contributed by atoms with Crippen LogP contribution in [0.25, 0.3) is 0 Å². The van der Waals surface area contributed by atoms with Crippen LogP contribution < -0.4 is 9.47 Å². The Balaban J connectivity index is 1.97. The van der Waals surface area contributed by atoms with Gasteiger partial charge in [0.1, 0.15) is 0 Å². The number of benzene rings is 1. The van der Waals surface area contributed by atoms with Crippen molar-refractivity contribution in [3.8, 4) is 11.5 Å². The van der Waals surface area contributed by atoms with Crippen LogP contribution in [0.5, 0.6) is 11.5 Å². The van der Waals surface area contributed by atoms with Gasteiger partial charge < -0.3 is 9.47 Å². The highest BCUT2D eigenvalue weighted by atomic mass is 16.5. The highest BCUT2D eigenvalue weighted by Crippen LogP contribution is 2.41. The molecule has 3 rings (SSSR count). The minimum atomic E-state index is 0.492. The predicted molar refractivity (Wildman–Crippen MR) is 103 cm³/mol. The summed E-state index contributed by atoms with van der Waals surface area (Å²) in [4.78, 5) is 2.61. The van der Waals surface area contributed by atoms with Gasteiger partial charge in [-0.3, -0.25) is 4.90 Å². The lowest BCUT2D eigenvalue weighted by Gasteiger charge is -2.42. The van der Waals surface area contributed by atoms with Crippen LogP contribution >= 0.6 is 0 Å². The van der Waals surface area contributed by atoms with Crippen LogP contribution in [0.2, 0.25) is 0 Å². The minimum Gasteiger partial charge on any atom is -0.493 e. The molecule has 1 aromatic carbocycles. The van der Waals surface area contributed by atoms with Crippen molar-refractivity contribution in [2.75, 3.05) is 20.8 Å². The molecule has 2 aliphatic rings. The van der Waals surface area contributed by atoms with E-state index < -0.39 is 0 Å². The number of nitrogens with zero attached hydrogens (tertiary/aromatic N) is 1. The number of allylic oxidation sites excluding steroid dienone is 1. The number of ether oxygens (including phenoxy) is 2. The fourth-order valence-corrected chi connectivity index (χ4v) is 4.28.